The first kappa shape index (κ1) is 11.6. The molecule has 5 nitrogen and oxygen atoms in total. The molecule has 2 heterocycles. The fourth-order valence-corrected chi connectivity index (χ4v) is 1.60. The van der Waals surface area contributed by atoms with E-state index in [-0.39, 0.29) is 0 Å². The highest BCUT2D eigenvalue weighted by Gasteiger charge is 2.03. The van der Waals surface area contributed by atoms with E-state index in [1.807, 2.05) is 36.4 Å². The Hall–Kier alpha value is -1.92. The number of rotatable bonds is 1. The third kappa shape index (κ3) is 3.02. The van der Waals surface area contributed by atoms with Crippen LogP contribution in [-0.2, 0) is 0 Å². The number of aromatic nitrogens is 3. The van der Waals surface area contributed by atoms with Crippen LogP contribution in [0.5, 0.6) is 0 Å². The number of hydrogen-bond donors (Lipinski definition) is 1. The van der Waals surface area contributed by atoms with E-state index in [0.717, 1.165) is 27.9 Å². The molecule has 0 fully saturated rings. The second-order valence-electron chi connectivity index (χ2n) is 3.03. The van der Waals surface area contributed by atoms with Gasteiger partial charge >= 0.3 is 0 Å². The van der Waals surface area contributed by atoms with E-state index in [0.29, 0.717) is 0 Å². The summed E-state index contributed by atoms with van der Waals surface area (Å²) < 4.78 is 4.54. The van der Waals surface area contributed by atoms with Gasteiger partial charge in [-0.05, 0) is 46.5 Å². The Morgan fingerprint density at radius 1 is 1.00 bits per heavy atom. The van der Waals surface area contributed by atoms with E-state index in [1.165, 1.54) is 0 Å². The first-order chi connectivity index (χ1) is 8.42. The van der Waals surface area contributed by atoms with Gasteiger partial charge in [-0.2, -0.15) is 0 Å². The number of nitrogens with two attached hydrogens (primary N) is 1. The maximum absolute atomic E-state index is 5.38. The second kappa shape index (κ2) is 5.97. The van der Waals surface area contributed by atoms with Crippen LogP contribution in [0.15, 0.2) is 58.3 Å². The zero-order chi connectivity index (χ0) is 11.9. The van der Waals surface area contributed by atoms with Crippen molar-refractivity contribution in [3.63, 3.8) is 0 Å². The number of fused-ring (bicyclic) bond motifs is 1. The van der Waals surface area contributed by atoms with E-state index >= 15 is 0 Å². The van der Waals surface area contributed by atoms with Crippen molar-refractivity contribution in [3.05, 3.63) is 48.8 Å². The number of hydrogen-bond acceptors (Lipinski definition) is 6. The Labute approximate surface area is 102 Å². The Balaban J connectivity index is 0.000000153. The van der Waals surface area contributed by atoms with Gasteiger partial charge in [-0.1, -0.05) is 12.1 Å². The molecule has 0 radical (unpaired) electrons. The maximum Gasteiger partial charge on any atom is 0.150 e. The first-order valence-corrected chi connectivity index (χ1v) is 5.73. The summed E-state index contributed by atoms with van der Waals surface area (Å²) in [4.78, 5) is 4.66. The van der Waals surface area contributed by atoms with Crippen molar-refractivity contribution in [2.75, 3.05) is 0 Å². The molecule has 3 rings (SSSR count). The zero-order valence-corrected chi connectivity index (χ0v) is 9.67. The summed E-state index contributed by atoms with van der Waals surface area (Å²) in [6.45, 7) is 0. The van der Waals surface area contributed by atoms with Crippen LogP contribution in [0.1, 0.15) is 0 Å². The average molecular weight is 246 g/mol. The Bertz CT molecular complexity index is 543. The van der Waals surface area contributed by atoms with Crippen LogP contribution in [0.4, 0.5) is 0 Å². The molecule has 0 saturated heterocycles. The minimum absolute atomic E-state index is 0.722. The van der Waals surface area contributed by atoms with Crippen molar-refractivity contribution in [2.24, 2.45) is 5.14 Å². The van der Waals surface area contributed by atoms with Crippen molar-refractivity contribution in [1.29, 1.82) is 0 Å². The van der Waals surface area contributed by atoms with Crippen molar-refractivity contribution in [2.45, 2.75) is 4.90 Å². The quantitative estimate of drug-likeness (QED) is 0.664. The van der Waals surface area contributed by atoms with E-state index in [4.69, 9.17) is 5.14 Å². The zero-order valence-electron chi connectivity index (χ0n) is 8.85. The summed E-state index contributed by atoms with van der Waals surface area (Å²) in [5, 5.41) is 12.8. The van der Waals surface area contributed by atoms with Gasteiger partial charge in [0, 0.05) is 12.4 Å². The lowest BCUT2D eigenvalue weighted by molar-refractivity contribution is 0.315. The van der Waals surface area contributed by atoms with Gasteiger partial charge in [0.05, 0.1) is 4.90 Å². The van der Waals surface area contributed by atoms with E-state index in [1.54, 1.807) is 12.4 Å². The lowest BCUT2D eigenvalue weighted by Gasteiger charge is -1.91. The molecular weight excluding hydrogens is 236 g/mol. The van der Waals surface area contributed by atoms with Gasteiger partial charge in [0.1, 0.15) is 11.0 Å². The van der Waals surface area contributed by atoms with E-state index < -0.39 is 0 Å². The van der Waals surface area contributed by atoms with Crippen LogP contribution in [-0.4, -0.2) is 15.3 Å². The smallest absolute Gasteiger partial charge is 0.150 e. The van der Waals surface area contributed by atoms with Gasteiger partial charge in [0.15, 0.2) is 0 Å². The molecule has 6 heteroatoms. The van der Waals surface area contributed by atoms with Crippen molar-refractivity contribution in [3.8, 4) is 0 Å². The maximum atomic E-state index is 5.38. The fraction of sp³-hybridized carbons (Fsp3) is 0. The Morgan fingerprint density at radius 2 is 1.82 bits per heavy atom. The molecule has 0 unspecified atom stereocenters. The Kier molecular flexibility index (Phi) is 4.06. The molecule has 86 valence electrons. The minimum atomic E-state index is 0.722. The summed E-state index contributed by atoms with van der Waals surface area (Å²) in [6.07, 6.45) is 3.50. The summed E-state index contributed by atoms with van der Waals surface area (Å²) in [5.41, 5.74) is 1.46. The largest absolute Gasteiger partial charge is 0.274 e. The van der Waals surface area contributed by atoms with Gasteiger partial charge in [0.25, 0.3) is 0 Å². The Morgan fingerprint density at radius 3 is 2.41 bits per heavy atom. The lowest BCUT2D eigenvalue weighted by Crippen LogP contribution is -1.80. The lowest BCUT2D eigenvalue weighted by atomic mass is 10.3. The number of nitrogens with zero attached hydrogens (tertiary/aromatic N) is 3. The van der Waals surface area contributed by atoms with Gasteiger partial charge in [0.2, 0.25) is 0 Å². The molecule has 0 amide bonds. The highest BCUT2D eigenvalue weighted by molar-refractivity contribution is 7.97. The highest BCUT2D eigenvalue weighted by Crippen LogP contribution is 2.20. The third-order valence-electron chi connectivity index (χ3n) is 1.94. The second-order valence-corrected chi connectivity index (χ2v) is 3.71. The van der Waals surface area contributed by atoms with Crippen LogP contribution in [0.3, 0.4) is 0 Å². The van der Waals surface area contributed by atoms with Gasteiger partial charge < -0.3 is 0 Å². The molecule has 0 bridgehead atoms. The van der Waals surface area contributed by atoms with Crippen LogP contribution in [0, 0.1) is 0 Å². The molecule has 0 saturated carbocycles. The molecule has 1 aromatic carbocycles. The van der Waals surface area contributed by atoms with Gasteiger partial charge in [-0.25, -0.2) is 4.63 Å². The van der Waals surface area contributed by atoms with Gasteiger partial charge in [-0.3, -0.25) is 10.1 Å². The number of benzene rings is 1. The molecule has 0 spiro atoms. The highest BCUT2D eigenvalue weighted by atomic mass is 32.2. The summed E-state index contributed by atoms with van der Waals surface area (Å²) in [6, 6.07) is 11.3. The molecule has 3 aromatic rings. The fourth-order valence-electron chi connectivity index (χ4n) is 1.19. The predicted octanol–water partition coefficient (Wildman–Crippen LogP) is 2.27. The van der Waals surface area contributed by atoms with Crippen LogP contribution < -0.4 is 5.14 Å². The van der Waals surface area contributed by atoms with Crippen LogP contribution in [0.25, 0.3) is 11.0 Å². The van der Waals surface area contributed by atoms with Crippen molar-refractivity contribution >= 4 is 23.0 Å². The predicted molar refractivity (Wildman–Crippen MR) is 66.1 cm³/mol. The molecule has 2 N–H and O–H groups in total. The van der Waals surface area contributed by atoms with Crippen LogP contribution >= 0.6 is 11.9 Å². The monoisotopic (exact) mass is 246 g/mol. The van der Waals surface area contributed by atoms with E-state index in [2.05, 4.69) is 19.9 Å². The summed E-state index contributed by atoms with van der Waals surface area (Å²) in [5.74, 6) is 0. The third-order valence-corrected chi connectivity index (χ3v) is 2.53. The number of pyridine rings is 1. The van der Waals surface area contributed by atoms with Gasteiger partial charge in [-0.15, -0.1) is 0 Å². The van der Waals surface area contributed by atoms with Crippen LogP contribution in [0.2, 0.25) is 0 Å². The average Bonchev–Trinajstić information content (AvgIpc) is 2.89. The summed E-state index contributed by atoms with van der Waals surface area (Å²) >= 11 is 1.14. The first-order valence-electron chi connectivity index (χ1n) is 4.85. The minimum Gasteiger partial charge on any atom is -0.274 e. The molecule has 2 aromatic heterocycles. The SMILES string of the molecule is NSc1cccc2nonc12.c1ccncc1. The molecule has 0 atom stereocenters. The molecule has 0 aliphatic heterocycles. The summed E-state index contributed by atoms with van der Waals surface area (Å²) in [7, 11) is 0. The topological polar surface area (TPSA) is 77.8 Å². The standard InChI is InChI=1S/C6H5N3OS.C5H5N/c7-11-5-3-1-2-4-6(5)9-10-8-4;1-2-4-6-5-3-1/h1-3H,7H2;1-5H. The normalized spacial score (nSPS) is 9.71. The van der Waals surface area contributed by atoms with Crippen molar-refractivity contribution in [1.82, 2.24) is 15.3 Å². The van der Waals surface area contributed by atoms with Crippen molar-refractivity contribution < 1.29 is 4.63 Å². The molecule has 0 aliphatic rings. The molecular formula is C11H10N4OS. The van der Waals surface area contributed by atoms with E-state index in [9.17, 15) is 0 Å². The molecule has 17 heavy (non-hydrogen) atoms. The molecule has 0 aliphatic carbocycles.